The third-order valence-corrected chi connectivity index (χ3v) is 6.31. The highest BCUT2D eigenvalue weighted by atomic mass is 35.5. The molecule has 4 nitrogen and oxygen atoms in total. The van der Waals surface area contributed by atoms with Gasteiger partial charge in [-0.05, 0) is 34.7 Å². The minimum Gasteiger partial charge on any atom is -0.300 e. The summed E-state index contributed by atoms with van der Waals surface area (Å²) >= 11 is 6.01. The van der Waals surface area contributed by atoms with Crippen molar-refractivity contribution in [2.75, 3.05) is 4.90 Å². The monoisotopic (exact) mass is 409 g/mol. The second kappa shape index (κ2) is 7.10. The SMILES string of the molecule is CC(C)(C)c1ccccc1N1C(=O)[C@H]2[C@@H](c3ccc(Cl)cc3)CC(=O)C[C@H]2C1=O. The Balaban J connectivity index is 1.79. The van der Waals surface area contributed by atoms with E-state index in [1.54, 1.807) is 12.1 Å². The van der Waals surface area contributed by atoms with E-state index in [1.807, 2.05) is 36.4 Å². The molecule has 4 rings (SSSR count). The van der Waals surface area contributed by atoms with Crippen molar-refractivity contribution < 1.29 is 14.4 Å². The molecule has 2 aromatic rings. The van der Waals surface area contributed by atoms with E-state index in [1.165, 1.54) is 4.90 Å². The molecule has 0 aromatic heterocycles. The summed E-state index contributed by atoms with van der Waals surface area (Å²) in [6.07, 6.45) is 0.407. The average molecular weight is 410 g/mol. The lowest BCUT2D eigenvalue weighted by Crippen LogP contribution is -2.34. The van der Waals surface area contributed by atoms with E-state index in [0.717, 1.165) is 11.1 Å². The molecule has 0 N–H and O–H groups in total. The van der Waals surface area contributed by atoms with Crippen LogP contribution in [0.4, 0.5) is 5.69 Å². The molecule has 2 aliphatic rings. The number of amides is 2. The zero-order chi connectivity index (χ0) is 20.9. The van der Waals surface area contributed by atoms with E-state index >= 15 is 0 Å². The Morgan fingerprint density at radius 1 is 0.862 bits per heavy atom. The van der Waals surface area contributed by atoms with E-state index in [9.17, 15) is 14.4 Å². The Morgan fingerprint density at radius 2 is 1.48 bits per heavy atom. The first-order valence-corrected chi connectivity index (χ1v) is 10.3. The van der Waals surface area contributed by atoms with Gasteiger partial charge in [0.05, 0.1) is 17.5 Å². The van der Waals surface area contributed by atoms with Gasteiger partial charge in [0.15, 0.2) is 0 Å². The maximum absolute atomic E-state index is 13.6. The van der Waals surface area contributed by atoms with Gasteiger partial charge in [-0.25, -0.2) is 4.90 Å². The first-order chi connectivity index (χ1) is 13.7. The zero-order valence-electron chi connectivity index (χ0n) is 16.8. The van der Waals surface area contributed by atoms with Gasteiger partial charge in [0.25, 0.3) is 0 Å². The molecule has 1 aliphatic heterocycles. The normalized spacial score (nSPS) is 24.8. The van der Waals surface area contributed by atoms with Crippen molar-refractivity contribution in [3.8, 4) is 0 Å². The van der Waals surface area contributed by atoms with Crippen molar-refractivity contribution in [2.24, 2.45) is 11.8 Å². The first kappa shape index (κ1) is 19.8. The molecule has 2 aromatic carbocycles. The highest BCUT2D eigenvalue weighted by molar-refractivity contribution is 6.30. The summed E-state index contributed by atoms with van der Waals surface area (Å²) < 4.78 is 0. The number of nitrogens with zero attached hydrogens (tertiary/aromatic N) is 1. The summed E-state index contributed by atoms with van der Waals surface area (Å²) in [6.45, 7) is 6.18. The number of fused-ring (bicyclic) bond motifs is 1. The molecule has 0 bridgehead atoms. The van der Waals surface area contributed by atoms with Gasteiger partial charge in [0.2, 0.25) is 11.8 Å². The molecule has 1 aliphatic carbocycles. The number of imide groups is 1. The maximum Gasteiger partial charge on any atom is 0.238 e. The highest BCUT2D eigenvalue weighted by Crippen LogP contribution is 2.48. The lowest BCUT2D eigenvalue weighted by atomic mass is 9.70. The summed E-state index contributed by atoms with van der Waals surface area (Å²) in [5, 5.41) is 0.599. The fourth-order valence-corrected chi connectivity index (χ4v) is 4.82. The van der Waals surface area contributed by atoms with Crippen molar-refractivity contribution in [3.63, 3.8) is 0 Å². The van der Waals surface area contributed by atoms with Gasteiger partial charge in [-0.1, -0.05) is 62.7 Å². The Bertz CT molecular complexity index is 990. The summed E-state index contributed by atoms with van der Waals surface area (Å²) in [5.41, 5.74) is 2.22. The number of hydrogen-bond donors (Lipinski definition) is 0. The third kappa shape index (κ3) is 3.40. The molecule has 0 spiro atoms. The molecule has 2 amide bonds. The Morgan fingerprint density at radius 3 is 2.14 bits per heavy atom. The van der Waals surface area contributed by atoms with Gasteiger partial charge in [0.1, 0.15) is 5.78 Å². The predicted molar refractivity (Wildman–Crippen MR) is 113 cm³/mol. The van der Waals surface area contributed by atoms with Gasteiger partial charge < -0.3 is 0 Å². The molecule has 2 fully saturated rings. The Kier molecular flexibility index (Phi) is 4.86. The van der Waals surface area contributed by atoms with Crippen LogP contribution in [-0.4, -0.2) is 17.6 Å². The topological polar surface area (TPSA) is 54.5 Å². The summed E-state index contributed by atoms with van der Waals surface area (Å²) in [6, 6.07) is 14.8. The molecular weight excluding hydrogens is 386 g/mol. The van der Waals surface area contributed by atoms with Crippen LogP contribution in [0.3, 0.4) is 0 Å². The van der Waals surface area contributed by atoms with Gasteiger partial charge in [0, 0.05) is 23.8 Å². The average Bonchev–Trinajstić information content (AvgIpc) is 2.91. The fraction of sp³-hybridized carbons (Fsp3) is 0.375. The van der Waals surface area contributed by atoms with Gasteiger partial charge in [-0.2, -0.15) is 0 Å². The quantitative estimate of drug-likeness (QED) is 0.663. The minimum absolute atomic E-state index is 0.0262. The lowest BCUT2D eigenvalue weighted by molar-refractivity contribution is -0.130. The van der Waals surface area contributed by atoms with Gasteiger partial charge in [-0.3, -0.25) is 14.4 Å². The number of carbonyl (C=O) groups is 3. The van der Waals surface area contributed by atoms with Crippen LogP contribution in [0.5, 0.6) is 0 Å². The number of halogens is 1. The molecule has 1 heterocycles. The molecule has 29 heavy (non-hydrogen) atoms. The number of para-hydroxylation sites is 1. The van der Waals surface area contributed by atoms with Crippen LogP contribution in [0.2, 0.25) is 5.02 Å². The summed E-state index contributed by atoms with van der Waals surface area (Å²) in [5.74, 6) is -1.86. The van der Waals surface area contributed by atoms with Gasteiger partial charge >= 0.3 is 0 Å². The largest absolute Gasteiger partial charge is 0.300 e. The number of benzene rings is 2. The van der Waals surface area contributed by atoms with Crippen LogP contribution in [0.15, 0.2) is 48.5 Å². The molecule has 1 saturated carbocycles. The standard InChI is InChI=1S/C24H24ClNO3/c1-24(2,3)19-6-4-5-7-20(19)26-22(28)18-13-16(27)12-17(21(18)23(26)29)14-8-10-15(25)11-9-14/h4-11,17-18,21H,12-13H2,1-3H3/t17-,18-,21+/m1/s1. The number of anilines is 1. The van der Waals surface area contributed by atoms with E-state index in [0.29, 0.717) is 10.7 Å². The van der Waals surface area contributed by atoms with Crippen molar-refractivity contribution in [3.05, 3.63) is 64.7 Å². The minimum atomic E-state index is -0.600. The highest BCUT2D eigenvalue weighted by Gasteiger charge is 2.55. The Hall–Kier alpha value is -2.46. The third-order valence-electron chi connectivity index (χ3n) is 6.06. The smallest absolute Gasteiger partial charge is 0.238 e. The molecule has 150 valence electrons. The van der Waals surface area contributed by atoms with Crippen molar-refractivity contribution >= 4 is 34.9 Å². The lowest BCUT2D eigenvalue weighted by Gasteiger charge is -2.30. The Labute approximate surface area is 175 Å². The van der Waals surface area contributed by atoms with E-state index < -0.39 is 11.8 Å². The number of ketones is 1. The molecule has 5 heteroatoms. The molecule has 0 unspecified atom stereocenters. The predicted octanol–water partition coefficient (Wildman–Crippen LogP) is 4.89. The van der Waals surface area contributed by atoms with Crippen LogP contribution in [-0.2, 0) is 19.8 Å². The zero-order valence-corrected chi connectivity index (χ0v) is 17.6. The summed E-state index contributed by atoms with van der Waals surface area (Å²) in [7, 11) is 0. The molecule has 1 saturated heterocycles. The van der Waals surface area contributed by atoms with Crippen LogP contribution >= 0.6 is 11.6 Å². The molecule has 0 radical (unpaired) electrons. The number of Topliss-reactive ketones (excluding diaryl/α,β-unsaturated/α-hetero) is 1. The van der Waals surface area contributed by atoms with E-state index in [-0.39, 0.29) is 41.8 Å². The van der Waals surface area contributed by atoms with Gasteiger partial charge in [-0.15, -0.1) is 0 Å². The van der Waals surface area contributed by atoms with Crippen molar-refractivity contribution in [1.82, 2.24) is 0 Å². The second-order valence-corrected chi connectivity index (χ2v) is 9.45. The van der Waals surface area contributed by atoms with E-state index in [4.69, 9.17) is 11.6 Å². The fourth-order valence-electron chi connectivity index (χ4n) is 4.69. The summed E-state index contributed by atoms with van der Waals surface area (Å²) in [4.78, 5) is 40.7. The van der Waals surface area contributed by atoms with Crippen LogP contribution < -0.4 is 4.90 Å². The number of hydrogen-bond acceptors (Lipinski definition) is 3. The maximum atomic E-state index is 13.6. The number of carbonyl (C=O) groups excluding carboxylic acids is 3. The van der Waals surface area contributed by atoms with Crippen LogP contribution in [0.1, 0.15) is 50.7 Å². The van der Waals surface area contributed by atoms with Crippen molar-refractivity contribution in [2.45, 2.75) is 44.9 Å². The first-order valence-electron chi connectivity index (χ1n) is 9.93. The second-order valence-electron chi connectivity index (χ2n) is 9.02. The van der Waals surface area contributed by atoms with Crippen molar-refractivity contribution in [1.29, 1.82) is 0 Å². The molecule has 3 atom stereocenters. The van der Waals surface area contributed by atoms with Crippen LogP contribution in [0, 0.1) is 11.8 Å². The van der Waals surface area contributed by atoms with E-state index in [2.05, 4.69) is 20.8 Å². The molecular formula is C24H24ClNO3. The van der Waals surface area contributed by atoms with Crippen LogP contribution in [0.25, 0.3) is 0 Å². The number of rotatable bonds is 2.